The Balaban J connectivity index is 2.60. The molecule has 0 aromatic heterocycles. The number of nitrogens with one attached hydrogen (secondary N) is 1. The molecule has 0 aromatic carbocycles. The minimum Gasteiger partial charge on any atom is -0.550 e. The predicted octanol–water partition coefficient (Wildman–Crippen LogP) is -0.668. The first kappa shape index (κ1) is 6.01. The minimum absolute atomic E-state index is 0.294. The van der Waals surface area contributed by atoms with E-state index in [1.165, 1.54) is 12.2 Å². The van der Waals surface area contributed by atoms with Crippen LogP contribution in [0.25, 0.3) is 0 Å². The van der Waals surface area contributed by atoms with Crippen LogP contribution in [-0.2, 0) is 4.79 Å². The third kappa shape index (κ3) is 1.16. The van der Waals surface area contributed by atoms with Crippen LogP contribution >= 0.6 is 0 Å². The molecule has 0 aliphatic heterocycles. The number of carboxylic acid groups (broad SMARTS) is 1. The van der Waals surface area contributed by atoms with E-state index in [2.05, 4.69) is 0 Å². The largest absolute Gasteiger partial charge is 0.550 e. The van der Waals surface area contributed by atoms with Crippen LogP contribution in [0.2, 0.25) is 0 Å². The zero-order chi connectivity index (χ0) is 6.85. The lowest BCUT2D eigenvalue weighted by atomic mass is 10.1. The molecule has 0 saturated heterocycles. The molecule has 1 rings (SSSR count). The average Bonchev–Trinajstić information content (AvgIpc) is 2.14. The average molecular weight is 124 g/mol. The maximum absolute atomic E-state index is 10.1. The van der Waals surface area contributed by atoms with E-state index in [0.29, 0.717) is 12.1 Å². The zero-order valence-electron chi connectivity index (χ0n) is 4.76. The third-order valence-electron chi connectivity index (χ3n) is 1.27. The second-order valence-electron chi connectivity index (χ2n) is 2.01. The number of carbonyl (C=O) groups is 1. The van der Waals surface area contributed by atoms with E-state index in [9.17, 15) is 9.90 Å². The molecular weight excluding hydrogens is 118 g/mol. The summed E-state index contributed by atoms with van der Waals surface area (Å²) in [4.78, 5) is 10.1. The number of rotatable bonds is 1. The van der Waals surface area contributed by atoms with Crippen LogP contribution < -0.4 is 5.11 Å². The Morgan fingerprint density at radius 1 is 1.89 bits per heavy atom. The van der Waals surface area contributed by atoms with Gasteiger partial charge in [-0.2, -0.15) is 0 Å². The summed E-state index contributed by atoms with van der Waals surface area (Å²) in [5.41, 5.74) is 0.365. The van der Waals surface area contributed by atoms with Crippen molar-refractivity contribution in [2.45, 2.75) is 6.42 Å². The molecular formula is C6H6NO2-. The summed E-state index contributed by atoms with van der Waals surface area (Å²) in [5.74, 6) is -1.65. The monoisotopic (exact) mass is 124 g/mol. The smallest absolute Gasteiger partial charge is 0.0487 e. The van der Waals surface area contributed by atoms with E-state index < -0.39 is 11.9 Å². The molecule has 1 aliphatic carbocycles. The van der Waals surface area contributed by atoms with E-state index >= 15 is 0 Å². The predicted molar refractivity (Wildman–Crippen MR) is 30.0 cm³/mol. The Morgan fingerprint density at radius 3 is 2.78 bits per heavy atom. The highest BCUT2D eigenvalue weighted by molar-refractivity contribution is 5.98. The van der Waals surface area contributed by atoms with Crippen LogP contribution in [0.1, 0.15) is 6.42 Å². The van der Waals surface area contributed by atoms with Gasteiger partial charge in [0.2, 0.25) is 0 Å². The Bertz CT molecular complexity index is 183. The second kappa shape index (κ2) is 2.01. The lowest BCUT2D eigenvalue weighted by molar-refractivity contribution is -0.309. The molecule has 1 N–H and O–H groups in total. The van der Waals surface area contributed by atoms with Crippen molar-refractivity contribution < 1.29 is 9.90 Å². The van der Waals surface area contributed by atoms with Gasteiger partial charge in [0.25, 0.3) is 0 Å². The summed E-state index contributed by atoms with van der Waals surface area (Å²) in [7, 11) is 0. The van der Waals surface area contributed by atoms with Crippen molar-refractivity contribution in [3.05, 3.63) is 12.2 Å². The highest BCUT2D eigenvalue weighted by atomic mass is 16.4. The van der Waals surface area contributed by atoms with Gasteiger partial charge in [0.1, 0.15) is 0 Å². The molecule has 0 bridgehead atoms. The number of aliphatic carboxylic acids is 1. The molecule has 1 atom stereocenters. The Kier molecular flexibility index (Phi) is 1.34. The van der Waals surface area contributed by atoms with Crippen LogP contribution in [0.4, 0.5) is 0 Å². The summed E-state index contributed by atoms with van der Waals surface area (Å²) in [5, 5.41) is 17.1. The first-order valence-electron chi connectivity index (χ1n) is 2.66. The van der Waals surface area contributed by atoms with E-state index in [4.69, 9.17) is 5.41 Å². The summed E-state index contributed by atoms with van der Waals surface area (Å²) < 4.78 is 0. The van der Waals surface area contributed by atoms with Crippen molar-refractivity contribution in [2.75, 3.05) is 0 Å². The van der Waals surface area contributed by atoms with Crippen molar-refractivity contribution in [1.82, 2.24) is 0 Å². The third-order valence-corrected chi connectivity index (χ3v) is 1.27. The molecule has 1 aliphatic rings. The molecule has 0 saturated carbocycles. The normalized spacial score (nSPS) is 24.9. The number of carboxylic acids is 1. The van der Waals surface area contributed by atoms with Crippen molar-refractivity contribution in [3.63, 3.8) is 0 Å². The number of hydrogen-bond donors (Lipinski definition) is 1. The van der Waals surface area contributed by atoms with Gasteiger partial charge < -0.3 is 15.3 Å². The van der Waals surface area contributed by atoms with Crippen LogP contribution in [0.5, 0.6) is 0 Å². The van der Waals surface area contributed by atoms with Gasteiger partial charge in [-0.3, -0.25) is 0 Å². The molecule has 0 spiro atoms. The SMILES string of the molecule is N=C1C=C[C@H](C(=O)[O-])C1. The minimum atomic E-state index is -1.09. The maximum atomic E-state index is 10.1. The summed E-state index contributed by atoms with van der Waals surface area (Å²) >= 11 is 0. The van der Waals surface area contributed by atoms with E-state index in [-0.39, 0.29) is 0 Å². The van der Waals surface area contributed by atoms with E-state index in [1.54, 1.807) is 0 Å². The molecule has 0 unspecified atom stereocenters. The quantitative estimate of drug-likeness (QED) is 0.504. The van der Waals surface area contributed by atoms with Gasteiger partial charge in [0.05, 0.1) is 0 Å². The first-order chi connectivity index (χ1) is 4.20. The van der Waals surface area contributed by atoms with Crippen LogP contribution in [0, 0.1) is 11.3 Å². The fraction of sp³-hybridized carbons (Fsp3) is 0.333. The Morgan fingerprint density at radius 2 is 2.56 bits per heavy atom. The molecule has 9 heavy (non-hydrogen) atoms. The van der Waals surface area contributed by atoms with E-state index in [1.807, 2.05) is 0 Å². The lowest BCUT2D eigenvalue weighted by Crippen LogP contribution is -2.29. The topological polar surface area (TPSA) is 64.0 Å². The van der Waals surface area contributed by atoms with Gasteiger partial charge in [-0.15, -0.1) is 0 Å². The molecule has 0 fully saturated rings. The highest BCUT2D eigenvalue weighted by Gasteiger charge is 2.12. The highest BCUT2D eigenvalue weighted by Crippen LogP contribution is 2.12. The van der Waals surface area contributed by atoms with Gasteiger partial charge in [-0.25, -0.2) is 0 Å². The van der Waals surface area contributed by atoms with Gasteiger partial charge in [-0.1, -0.05) is 6.08 Å². The molecule has 3 heteroatoms. The summed E-state index contributed by atoms with van der Waals surface area (Å²) in [6.07, 6.45) is 3.28. The fourth-order valence-electron chi connectivity index (χ4n) is 0.767. The van der Waals surface area contributed by atoms with Gasteiger partial charge in [0, 0.05) is 24.0 Å². The molecule has 3 nitrogen and oxygen atoms in total. The van der Waals surface area contributed by atoms with Crippen LogP contribution in [0.3, 0.4) is 0 Å². The van der Waals surface area contributed by atoms with Crippen molar-refractivity contribution in [2.24, 2.45) is 5.92 Å². The fourth-order valence-corrected chi connectivity index (χ4v) is 0.767. The molecule has 0 radical (unpaired) electrons. The maximum Gasteiger partial charge on any atom is 0.0487 e. The van der Waals surface area contributed by atoms with Crippen molar-refractivity contribution >= 4 is 11.7 Å². The molecule has 0 heterocycles. The van der Waals surface area contributed by atoms with Crippen molar-refractivity contribution in [3.8, 4) is 0 Å². The molecule has 0 amide bonds. The molecule has 0 aromatic rings. The van der Waals surface area contributed by atoms with Gasteiger partial charge in [0.15, 0.2) is 0 Å². The van der Waals surface area contributed by atoms with Crippen LogP contribution in [-0.4, -0.2) is 11.7 Å². The second-order valence-corrected chi connectivity index (χ2v) is 2.01. The van der Waals surface area contributed by atoms with E-state index in [0.717, 1.165) is 0 Å². The zero-order valence-corrected chi connectivity index (χ0v) is 4.76. The standard InChI is InChI=1S/C6H7NO2/c7-5-2-1-4(3-5)6(8)9/h1-2,4,7H,3H2,(H,8,9)/p-1/t4-/m0/s1. The van der Waals surface area contributed by atoms with Crippen molar-refractivity contribution in [1.29, 1.82) is 5.41 Å². The number of allylic oxidation sites excluding steroid dienone is 1. The lowest BCUT2D eigenvalue weighted by Gasteiger charge is -2.05. The van der Waals surface area contributed by atoms with Gasteiger partial charge >= 0.3 is 0 Å². The number of carbonyl (C=O) groups excluding carboxylic acids is 1. The number of hydrogen-bond acceptors (Lipinski definition) is 3. The molecule has 48 valence electrons. The summed E-state index contributed by atoms with van der Waals surface area (Å²) in [6, 6.07) is 0. The first-order valence-corrected chi connectivity index (χ1v) is 2.66. The Hall–Kier alpha value is -1.12. The summed E-state index contributed by atoms with van der Waals surface area (Å²) in [6.45, 7) is 0. The van der Waals surface area contributed by atoms with Crippen LogP contribution in [0.15, 0.2) is 12.2 Å². The Labute approximate surface area is 52.5 Å². The van der Waals surface area contributed by atoms with Gasteiger partial charge in [-0.05, 0) is 6.08 Å².